The molecule has 0 aromatic carbocycles. The van der Waals surface area contributed by atoms with Crippen LogP contribution in [0.2, 0.25) is 5.28 Å². The highest BCUT2D eigenvalue weighted by Crippen LogP contribution is 2.29. The zero-order valence-corrected chi connectivity index (χ0v) is 10.3. The van der Waals surface area contributed by atoms with Crippen molar-refractivity contribution in [1.29, 1.82) is 0 Å². The van der Waals surface area contributed by atoms with Crippen LogP contribution in [0.5, 0.6) is 0 Å². The first-order chi connectivity index (χ1) is 7.96. The molecule has 2 atom stereocenters. The molecule has 1 aliphatic rings. The fraction of sp³-hybridized carbons (Fsp3) is 0.636. The third kappa shape index (κ3) is 3.26. The number of aromatic nitrogens is 2. The highest BCUT2D eigenvalue weighted by Gasteiger charge is 2.30. The number of anilines is 1. The van der Waals surface area contributed by atoms with Gasteiger partial charge in [0.1, 0.15) is 0 Å². The Kier molecular flexibility index (Phi) is 3.49. The highest BCUT2D eigenvalue weighted by molar-refractivity contribution is 6.28. The van der Waals surface area contributed by atoms with Crippen molar-refractivity contribution in [2.45, 2.75) is 44.2 Å². The van der Waals surface area contributed by atoms with Gasteiger partial charge >= 0.3 is 0 Å². The number of rotatable bonds is 2. The molecule has 6 heteroatoms. The molecular weight excluding hydrogens is 245 g/mol. The fourth-order valence-electron chi connectivity index (χ4n) is 2.23. The average molecular weight is 260 g/mol. The second-order valence-corrected chi connectivity index (χ2v) is 5.11. The van der Waals surface area contributed by atoms with E-state index in [0.717, 1.165) is 25.5 Å². The molecule has 0 radical (unpaired) electrons. The van der Waals surface area contributed by atoms with Crippen molar-refractivity contribution >= 4 is 17.4 Å². The van der Waals surface area contributed by atoms with Gasteiger partial charge in [-0.1, -0.05) is 0 Å². The van der Waals surface area contributed by atoms with Crippen LogP contribution in [-0.2, 0) is 0 Å². The normalized spacial score (nSPS) is 29.1. The topological polar surface area (TPSA) is 58.0 Å². The molecule has 1 aromatic heterocycles. The standard InChI is InChI=1S/C11H15ClFN3O/c1-11(17)4-2-3-7(5-11)15-9-8(13)6-14-10(12)16-9/h6-7,17H,2-5H2,1H3,(H,14,15,16)/t7-,11?/m0/s1. The lowest BCUT2D eigenvalue weighted by Gasteiger charge is -2.34. The van der Waals surface area contributed by atoms with Crippen LogP contribution in [0.15, 0.2) is 6.20 Å². The van der Waals surface area contributed by atoms with Gasteiger partial charge in [-0.05, 0) is 44.2 Å². The van der Waals surface area contributed by atoms with Gasteiger partial charge in [-0.3, -0.25) is 0 Å². The molecule has 1 aliphatic carbocycles. The van der Waals surface area contributed by atoms with Gasteiger partial charge in [0.05, 0.1) is 11.8 Å². The van der Waals surface area contributed by atoms with Crippen molar-refractivity contribution in [3.63, 3.8) is 0 Å². The molecule has 1 aromatic rings. The minimum absolute atomic E-state index is 0.0106. The molecule has 1 unspecified atom stereocenters. The number of hydrogen-bond acceptors (Lipinski definition) is 4. The molecule has 2 N–H and O–H groups in total. The minimum Gasteiger partial charge on any atom is -0.390 e. The van der Waals surface area contributed by atoms with Crippen molar-refractivity contribution in [3.8, 4) is 0 Å². The monoisotopic (exact) mass is 259 g/mol. The first-order valence-electron chi connectivity index (χ1n) is 5.63. The Hall–Kier alpha value is -0.940. The summed E-state index contributed by atoms with van der Waals surface area (Å²) in [6.07, 6.45) is 4.19. The zero-order valence-electron chi connectivity index (χ0n) is 9.58. The fourth-order valence-corrected chi connectivity index (χ4v) is 2.36. The maximum absolute atomic E-state index is 13.4. The molecule has 0 spiro atoms. The van der Waals surface area contributed by atoms with E-state index >= 15 is 0 Å². The van der Waals surface area contributed by atoms with Crippen molar-refractivity contribution in [2.24, 2.45) is 0 Å². The quantitative estimate of drug-likeness (QED) is 0.801. The van der Waals surface area contributed by atoms with Gasteiger partial charge in [-0.25, -0.2) is 9.37 Å². The molecule has 94 valence electrons. The average Bonchev–Trinajstić information content (AvgIpc) is 2.22. The molecule has 1 saturated carbocycles. The Bertz CT molecular complexity index is 414. The van der Waals surface area contributed by atoms with Crippen LogP contribution >= 0.6 is 11.6 Å². The number of hydrogen-bond donors (Lipinski definition) is 2. The minimum atomic E-state index is -0.691. The van der Waals surface area contributed by atoms with E-state index in [4.69, 9.17) is 11.6 Å². The predicted molar refractivity (Wildman–Crippen MR) is 63.5 cm³/mol. The summed E-state index contributed by atoms with van der Waals surface area (Å²) in [4.78, 5) is 7.35. The second-order valence-electron chi connectivity index (χ2n) is 4.77. The Labute approximate surface area is 104 Å². The number of halogens is 2. The smallest absolute Gasteiger partial charge is 0.224 e. The Morgan fingerprint density at radius 3 is 3.12 bits per heavy atom. The van der Waals surface area contributed by atoms with Crippen molar-refractivity contribution in [3.05, 3.63) is 17.3 Å². The molecule has 4 nitrogen and oxygen atoms in total. The molecule has 0 saturated heterocycles. The van der Waals surface area contributed by atoms with E-state index in [-0.39, 0.29) is 17.1 Å². The molecule has 1 fully saturated rings. The highest BCUT2D eigenvalue weighted by atomic mass is 35.5. The lowest BCUT2D eigenvalue weighted by atomic mass is 9.83. The van der Waals surface area contributed by atoms with E-state index in [2.05, 4.69) is 15.3 Å². The van der Waals surface area contributed by atoms with Crippen molar-refractivity contribution < 1.29 is 9.50 Å². The van der Waals surface area contributed by atoms with Gasteiger partial charge in [0.25, 0.3) is 0 Å². The van der Waals surface area contributed by atoms with Gasteiger partial charge in [0, 0.05) is 6.04 Å². The molecular formula is C11H15ClFN3O. The summed E-state index contributed by atoms with van der Waals surface area (Å²) < 4.78 is 13.4. The molecule has 2 rings (SSSR count). The Morgan fingerprint density at radius 1 is 1.65 bits per heavy atom. The molecule has 0 amide bonds. The van der Waals surface area contributed by atoms with Crippen molar-refractivity contribution in [1.82, 2.24) is 9.97 Å². The zero-order chi connectivity index (χ0) is 12.5. The third-order valence-corrected chi connectivity index (χ3v) is 3.19. The van der Waals surface area contributed by atoms with Gasteiger partial charge in [-0.2, -0.15) is 4.98 Å². The van der Waals surface area contributed by atoms with Crippen LogP contribution in [0.1, 0.15) is 32.6 Å². The predicted octanol–water partition coefficient (Wildman–Crippen LogP) is 2.37. The molecule has 17 heavy (non-hydrogen) atoms. The summed E-state index contributed by atoms with van der Waals surface area (Å²) in [7, 11) is 0. The molecule has 1 heterocycles. The summed E-state index contributed by atoms with van der Waals surface area (Å²) in [5.41, 5.74) is -0.691. The molecule has 0 aliphatic heterocycles. The largest absolute Gasteiger partial charge is 0.390 e. The van der Waals surface area contributed by atoms with Gasteiger partial charge in [0.15, 0.2) is 11.6 Å². The lowest BCUT2D eigenvalue weighted by molar-refractivity contribution is 0.0182. The Balaban J connectivity index is 2.07. The number of aliphatic hydroxyl groups is 1. The second kappa shape index (κ2) is 4.74. The summed E-state index contributed by atoms with van der Waals surface area (Å²) in [5, 5.41) is 12.9. The summed E-state index contributed by atoms with van der Waals surface area (Å²) in [6.45, 7) is 1.80. The van der Waals surface area contributed by atoms with Crippen LogP contribution < -0.4 is 5.32 Å². The first-order valence-corrected chi connectivity index (χ1v) is 6.01. The van der Waals surface area contributed by atoms with E-state index in [1.54, 1.807) is 6.92 Å². The van der Waals surface area contributed by atoms with Gasteiger partial charge in [0.2, 0.25) is 5.28 Å². The number of nitrogens with one attached hydrogen (secondary N) is 1. The Morgan fingerprint density at radius 2 is 2.41 bits per heavy atom. The first kappa shape index (κ1) is 12.5. The maximum Gasteiger partial charge on any atom is 0.224 e. The van der Waals surface area contributed by atoms with Crippen LogP contribution in [0.25, 0.3) is 0 Å². The van der Waals surface area contributed by atoms with Crippen LogP contribution in [0.4, 0.5) is 10.2 Å². The van der Waals surface area contributed by atoms with Crippen LogP contribution in [0, 0.1) is 5.82 Å². The van der Waals surface area contributed by atoms with E-state index < -0.39 is 11.4 Å². The van der Waals surface area contributed by atoms with Gasteiger partial charge < -0.3 is 10.4 Å². The summed E-state index contributed by atoms with van der Waals surface area (Å²) in [6, 6.07) is 0.0132. The van der Waals surface area contributed by atoms with Gasteiger partial charge in [-0.15, -0.1) is 0 Å². The molecule has 0 bridgehead atoms. The van der Waals surface area contributed by atoms with Crippen LogP contribution in [0.3, 0.4) is 0 Å². The van der Waals surface area contributed by atoms with E-state index in [0.29, 0.717) is 6.42 Å². The summed E-state index contributed by atoms with van der Waals surface area (Å²) in [5.74, 6) is -0.424. The maximum atomic E-state index is 13.4. The van der Waals surface area contributed by atoms with E-state index in [9.17, 15) is 9.50 Å². The lowest BCUT2D eigenvalue weighted by Crippen LogP contribution is -2.38. The van der Waals surface area contributed by atoms with E-state index in [1.807, 2.05) is 0 Å². The van der Waals surface area contributed by atoms with Crippen LogP contribution in [-0.4, -0.2) is 26.7 Å². The third-order valence-electron chi connectivity index (χ3n) is 3.01. The SMILES string of the molecule is CC1(O)CCC[C@H](Nc2nc(Cl)ncc2F)C1. The summed E-state index contributed by atoms with van der Waals surface area (Å²) >= 11 is 5.61. The van der Waals surface area contributed by atoms with E-state index in [1.165, 1.54) is 0 Å². The number of nitrogens with zero attached hydrogens (tertiary/aromatic N) is 2. The van der Waals surface area contributed by atoms with Crippen molar-refractivity contribution in [2.75, 3.05) is 5.32 Å².